The topological polar surface area (TPSA) is 101 Å². The molecule has 3 rings (SSSR count). The van der Waals surface area contributed by atoms with Gasteiger partial charge in [-0.05, 0) is 44.9 Å². The number of sulfonamides is 1. The van der Waals surface area contributed by atoms with Crippen LogP contribution in [0.4, 0.5) is 0 Å². The summed E-state index contributed by atoms with van der Waals surface area (Å²) in [6.45, 7) is 6.74. The molecule has 9 nitrogen and oxygen atoms in total. The fourth-order valence-corrected chi connectivity index (χ4v) is 5.89. The standard InChI is InChI=1S/C25H36N4O5S/c1-20-19-23(21(2)29(20)15-8-18-34-3)25(31)27-13-7-14-28(16-11-24(30)26-12-17-27)35(32,33)22-9-5-4-6-10-22/h4-6,9-10,19H,7-8,11-18H2,1-3H3,(H,26,30). The zero-order valence-corrected chi connectivity index (χ0v) is 21.6. The molecule has 0 unspecified atom stereocenters. The number of hydrogen-bond donors (Lipinski definition) is 1. The van der Waals surface area contributed by atoms with Crippen LogP contribution in [0.3, 0.4) is 0 Å². The first kappa shape index (κ1) is 26.9. The number of aromatic nitrogens is 1. The van der Waals surface area contributed by atoms with Gasteiger partial charge in [-0.2, -0.15) is 4.31 Å². The monoisotopic (exact) mass is 504 g/mol. The highest BCUT2D eigenvalue weighted by Gasteiger charge is 2.27. The van der Waals surface area contributed by atoms with E-state index < -0.39 is 10.0 Å². The van der Waals surface area contributed by atoms with Gasteiger partial charge in [0.1, 0.15) is 0 Å². The van der Waals surface area contributed by atoms with Crippen molar-refractivity contribution in [2.75, 3.05) is 46.4 Å². The summed E-state index contributed by atoms with van der Waals surface area (Å²) in [6.07, 6.45) is 1.39. The van der Waals surface area contributed by atoms with Crippen molar-refractivity contribution in [2.24, 2.45) is 0 Å². The lowest BCUT2D eigenvalue weighted by atomic mass is 10.2. The Morgan fingerprint density at radius 1 is 1.09 bits per heavy atom. The first-order chi connectivity index (χ1) is 16.8. The van der Waals surface area contributed by atoms with E-state index in [2.05, 4.69) is 9.88 Å². The molecule has 1 aliphatic rings. The maximum Gasteiger partial charge on any atom is 0.255 e. The molecule has 35 heavy (non-hydrogen) atoms. The molecular formula is C25H36N4O5S. The highest BCUT2D eigenvalue weighted by atomic mass is 32.2. The van der Waals surface area contributed by atoms with Gasteiger partial charge in [0.05, 0.1) is 10.5 Å². The van der Waals surface area contributed by atoms with Crippen LogP contribution < -0.4 is 5.32 Å². The van der Waals surface area contributed by atoms with E-state index in [1.165, 1.54) is 4.31 Å². The molecule has 0 saturated carbocycles. The fraction of sp³-hybridized carbons (Fsp3) is 0.520. The Hall–Kier alpha value is -2.69. The van der Waals surface area contributed by atoms with Crippen LogP contribution in [0.2, 0.25) is 0 Å². The van der Waals surface area contributed by atoms with Gasteiger partial charge in [-0.1, -0.05) is 18.2 Å². The van der Waals surface area contributed by atoms with Crippen LogP contribution >= 0.6 is 0 Å². The summed E-state index contributed by atoms with van der Waals surface area (Å²) >= 11 is 0. The first-order valence-electron chi connectivity index (χ1n) is 12.0. The summed E-state index contributed by atoms with van der Waals surface area (Å²) in [7, 11) is -2.07. The molecule has 0 radical (unpaired) electrons. The lowest BCUT2D eigenvalue weighted by molar-refractivity contribution is -0.121. The number of benzene rings is 1. The van der Waals surface area contributed by atoms with Crippen molar-refractivity contribution in [1.29, 1.82) is 0 Å². The average molecular weight is 505 g/mol. The molecule has 1 saturated heterocycles. The van der Waals surface area contributed by atoms with E-state index >= 15 is 0 Å². The number of methoxy groups -OCH3 is 1. The zero-order valence-electron chi connectivity index (χ0n) is 20.8. The van der Waals surface area contributed by atoms with E-state index in [1.807, 2.05) is 19.9 Å². The Bertz CT molecular complexity index is 1110. The van der Waals surface area contributed by atoms with Crippen LogP contribution in [0.5, 0.6) is 0 Å². The van der Waals surface area contributed by atoms with Crippen LogP contribution in [0, 0.1) is 13.8 Å². The second-order valence-electron chi connectivity index (χ2n) is 8.75. The summed E-state index contributed by atoms with van der Waals surface area (Å²) in [5.41, 5.74) is 2.54. The predicted octanol–water partition coefficient (Wildman–Crippen LogP) is 2.18. The van der Waals surface area contributed by atoms with Gasteiger partial charge in [0, 0.05) is 70.8 Å². The quantitative estimate of drug-likeness (QED) is 0.583. The van der Waals surface area contributed by atoms with Gasteiger partial charge in [0.25, 0.3) is 5.91 Å². The van der Waals surface area contributed by atoms with Crippen LogP contribution in [0.15, 0.2) is 41.3 Å². The van der Waals surface area contributed by atoms with Gasteiger partial charge in [-0.15, -0.1) is 0 Å². The normalized spacial score (nSPS) is 16.5. The number of ether oxygens (including phenoxy) is 1. The van der Waals surface area contributed by atoms with Gasteiger partial charge in [-0.25, -0.2) is 8.42 Å². The average Bonchev–Trinajstić information content (AvgIpc) is 3.10. The molecule has 1 aromatic heterocycles. The number of carbonyl (C=O) groups excluding carboxylic acids is 2. The molecule has 2 heterocycles. The van der Waals surface area contributed by atoms with Crippen molar-refractivity contribution in [1.82, 2.24) is 19.1 Å². The van der Waals surface area contributed by atoms with E-state index in [0.717, 1.165) is 24.4 Å². The molecule has 0 aliphatic carbocycles. The predicted molar refractivity (Wildman–Crippen MR) is 134 cm³/mol. The minimum atomic E-state index is -3.74. The largest absolute Gasteiger partial charge is 0.385 e. The molecule has 1 aliphatic heterocycles. The minimum absolute atomic E-state index is 0.0721. The number of nitrogens with zero attached hydrogens (tertiary/aromatic N) is 3. The summed E-state index contributed by atoms with van der Waals surface area (Å²) < 4.78 is 35.0. The van der Waals surface area contributed by atoms with Crippen molar-refractivity contribution in [2.45, 2.75) is 44.6 Å². The third kappa shape index (κ3) is 6.71. The lowest BCUT2D eigenvalue weighted by Crippen LogP contribution is -2.39. The minimum Gasteiger partial charge on any atom is -0.385 e. The number of amides is 2. The molecule has 0 bridgehead atoms. The number of rotatable bonds is 7. The molecule has 1 aromatic carbocycles. The van der Waals surface area contributed by atoms with Gasteiger partial charge < -0.3 is 19.5 Å². The number of hydrogen-bond acceptors (Lipinski definition) is 5. The second kappa shape index (κ2) is 12.3. The molecular weight excluding hydrogens is 468 g/mol. The molecule has 1 N–H and O–H groups in total. The van der Waals surface area contributed by atoms with E-state index in [-0.39, 0.29) is 36.2 Å². The van der Waals surface area contributed by atoms with E-state index in [0.29, 0.717) is 38.2 Å². The lowest BCUT2D eigenvalue weighted by Gasteiger charge is -2.25. The Morgan fingerprint density at radius 2 is 1.83 bits per heavy atom. The smallest absolute Gasteiger partial charge is 0.255 e. The highest BCUT2D eigenvalue weighted by Crippen LogP contribution is 2.20. The summed E-state index contributed by atoms with van der Waals surface area (Å²) in [6, 6.07) is 10.1. The van der Waals surface area contributed by atoms with Crippen molar-refractivity contribution in [3.8, 4) is 0 Å². The summed E-state index contributed by atoms with van der Waals surface area (Å²) in [5, 5.41) is 2.82. The fourth-order valence-electron chi connectivity index (χ4n) is 4.39. The zero-order chi connectivity index (χ0) is 25.4. The third-order valence-corrected chi connectivity index (χ3v) is 8.24. The van der Waals surface area contributed by atoms with Gasteiger partial charge >= 0.3 is 0 Å². The first-order valence-corrected chi connectivity index (χ1v) is 13.5. The molecule has 2 aromatic rings. The molecule has 0 atom stereocenters. The molecule has 2 amide bonds. The van der Waals surface area contributed by atoms with Crippen molar-refractivity contribution in [3.63, 3.8) is 0 Å². The van der Waals surface area contributed by atoms with Crippen LogP contribution in [0.25, 0.3) is 0 Å². The van der Waals surface area contributed by atoms with Crippen molar-refractivity contribution < 1.29 is 22.7 Å². The summed E-state index contributed by atoms with van der Waals surface area (Å²) in [5.74, 6) is -0.342. The van der Waals surface area contributed by atoms with Gasteiger partial charge in [-0.3, -0.25) is 9.59 Å². The number of aryl methyl sites for hydroxylation is 1. The molecule has 0 spiro atoms. The van der Waals surface area contributed by atoms with E-state index in [9.17, 15) is 18.0 Å². The Morgan fingerprint density at radius 3 is 2.54 bits per heavy atom. The summed E-state index contributed by atoms with van der Waals surface area (Å²) in [4.78, 5) is 27.7. The third-order valence-electron chi connectivity index (χ3n) is 6.33. The number of carbonyl (C=O) groups is 2. The number of nitrogens with one attached hydrogen (secondary N) is 1. The van der Waals surface area contributed by atoms with Crippen LogP contribution in [0.1, 0.15) is 41.0 Å². The van der Waals surface area contributed by atoms with Gasteiger partial charge in [0.15, 0.2) is 0 Å². The van der Waals surface area contributed by atoms with Gasteiger partial charge in [0.2, 0.25) is 15.9 Å². The molecule has 1 fully saturated rings. The van der Waals surface area contributed by atoms with Crippen molar-refractivity contribution >= 4 is 21.8 Å². The second-order valence-corrected chi connectivity index (χ2v) is 10.7. The Kier molecular flexibility index (Phi) is 9.47. The van der Waals surface area contributed by atoms with E-state index in [4.69, 9.17) is 4.74 Å². The maximum atomic E-state index is 13.5. The highest BCUT2D eigenvalue weighted by molar-refractivity contribution is 7.89. The Labute approximate surface area is 208 Å². The Balaban J connectivity index is 1.77. The van der Waals surface area contributed by atoms with Crippen LogP contribution in [-0.4, -0.2) is 80.4 Å². The maximum absolute atomic E-state index is 13.5. The van der Waals surface area contributed by atoms with Crippen LogP contribution in [-0.2, 0) is 26.1 Å². The van der Waals surface area contributed by atoms with E-state index in [1.54, 1.807) is 42.3 Å². The molecule has 192 valence electrons. The molecule has 10 heteroatoms. The SMILES string of the molecule is COCCCn1c(C)cc(C(=O)N2CCCN(S(=O)(=O)c3ccccc3)CCC(=O)NCC2)c1C. The van der Waals surface area contributed by atoms with Crippen molar-refractivity contribution in [3.05, 3.63) is 53.3 Å².